The van der Waals surface area contributed by atoms with Crippen LogP contribution >= 0.6 is 0 Å². The summed E-state index contributed by atoms with van der Waals surface area (Å²) in [6, 6.07) is 11.1. The molecule has 7 N–H and O–H groups in total. The van der Waals surface area contributed by atoms with Gasteiger partial charge in [-0.25, -0.2) is 10.8 Å². The summed E-state index contributed by atoms with van der Waals surface area (Å²) in [6.07, 6.45) is 0.558. The Labute approximate surface area is 110 Å². The van der Waals surface area contributed by atoms with Crippen molar-refractivity contribution < 1.29 is 0 Å². The van der Waals surface area contributed by atoms with Crippen molar-refractivity contribution in [3.63, 3.8) is 0 Å². The third kappa shape index (κ3) is 2.73. The van der Waals surface area contributed by atoms with E-state index in [9.17, 15) is 0 Å². The fraction of sp³-hybridized carbons (Fsp3) is 0.0769. The van der Waals surface area contributed by atoms with E-state index in [0.717, 1.165) is 11.1 Å². The standard InChI is InChI=1S/C13H14N6/c14-7-9-3-1-2-8(4-9)5-10-6-11(15)18-13(19-17)12(10)16/h1-4,6H,5,16-17H2,(H3,15,18,19). The number of pyridine rings is 1. The van der Waals surface area contributed by atoms with Crippen molar-refractivity contribution in [3.05, 3.63) is 47.0 Å². The first-order valence-corrected chi connectivity index (χ1v) is 5.64. The Bertz CT molecular complexity index is 644. The van der Waals surface area contributed by atoms with Crippen molar-refractivity contribution in [2.24, 2.45) is 5.84 Å². The van der Waals surface area contributed by atoms with Gasteiger partial charge in [0.2, 0.25) is 0 Å². The average molecular weight is 254 g/mol. The van der Waals surface area contributed by atoms with Gasteiger partial charge in [0.25, 0.3) is 0 Å². The van der Waals surface area contributed by atoms with Crippen LogP contribution in [-0.2, 0) is 6.42 Å². The van der Waals surface area contributed by atoms with Crippen molar-refractivity contribution in [1.82, 2.24) is 4.98 Å². The SMILES string of the molecule is N#Cc1cccc(Cc2cc(N)nc(NN)c2N)c1. The monoisotopic (exact) mass is 254 g/mol. The van der Waals surface area contributed by atoms with Gasteiger partial charge in [0, 0.05) is 0 Å². The van der Waals surface area contributed by atoms with Crippen LogP contribution in [0.2, 0.25) is 0 Å². The van der Waals surface area contributed by atoms with Crippen LogP contribution in [0.15, 0.2) is 30.3 Å². The molecule has 6 heteroatoms. The zero-order chi connectivity index (χ0) is 13.8. The van der Waals surface area contributed by atoms with Gasteiger partial charge < -0.3 is 16.9 Å². The number of benzene rings is 1. The maximum absolute atomic E-state index is 8.88. The minimum Gasteiger partial charge on any atom is -0.395 e. The molecule has 6 nitrogen and oxygen atoms in total. The number of hydrogen-bond acceptors (Lipinski definition) is 6. The van der Waals surface area contributed by atoms with Crippen LogP contribution in [0.3, 0.4) is 0 Å². The molecule has 0 radical (unpaired) electrons. The van der Waals surface area contributed by atoms with Gasteiger partial charge in [-0.2, -0.15) is 5.26 Å². The summed E-state index contributed by atoms with van der Waals surface area (Å²) in [4.78, 5) is 3.99. The fourth-order valence-corrected chi connectivity index (χ4v) is 1.86. The Morgan fingerprint density at radius 2 is 2.05 bits per heavy atom. The van der Waals surface area contributed by atoms with Gasteiger partial charge in [0.05, 0.1) is 17.3 Å². The van der Waals surface area contributed by atoms with Crippen LogP contribution in [0, 0.1) is 11.3 Å². The molecule has 2 aromatic rings. The Hall–Kier alpha value is -2.78. The number of nitrogens with zero attached hydrogens (tertiary/aromatic N) is 2. The molecule has 2 rings (SSSR count). The van der Waals surface area contributed by atoms with E-state index in [2.05, 4.69) is 16.5 Å². The van der Waals surface area contributed by atoms with E-state index in [1.165, 1.54) is 0 Å². The summed E-state index contributed by atoms with van der Waals surface area (Å²) in [5.41, 5.74) is 16.9. The molecule has 0 spiro atoms. The van der Waals surface area contributed by atoms with Gasteiger partial charge >= 0.3 is 0 Å². The minimum atomic E-state index is 0.341. The summed E-state index contributed by atoms with van der Waals surface area (Å²) in [5, 5.41) is 8.88. The second-order valence-electron chi connectivity index (χ2n) is 4.10. The lowest BCUT2D eigenvalue weighted by atomic mass is 10.0. The van der Waals surface area contributed by atoms with Gasteiger partial charge in [0.1, 0.15) is 5.82 Å². The Balaban J connectivity index is 2.38. The summed E-state index contributed by atoms with van der Waals surface area (Å²) < 4.78 is 0. The van der Waals surface area contributed by atoms with Crippen molar-refractivity contribution in [2.75, 3.05) is 16.9 Å². The maximum atomic E-state index is 8.88. The summed E-state index contributed by atoms with van der Waals surface area (Å²) in [5.74, 6) is 6.03. The van der Waals surface area contributed by atoms with Crippen molar-refractivity contribution in [3.8, 4) is 6.07 Å². The van der Waals surface area contributed by atoms with E-state index in [4.69, 9.17) is 22.6 Å². The molecular weight excluding hydrogens is 240 g/mol. The number of anilines is 3. The van der Waals surface area contributed by atoms with Gasteiger partial charge in [-0.3, -0.25) is 0 Å². The van der Waals surface area contributed by atoms with E-state index >= 15 is 0 Å². The molecule has 1 aromatic heterocycles. The van der Waals surface area contributed by atoms with E-state index in [0.29, 0.717) is 29.3 Å². The van der Waals surface area contributed by atoms with E-state index in [1.807, 2.05) is 18.2 Å². The highest BCUT2D eigenvalue weighted by atomic mass is 15.3. The average Bonchev–Trinajstić information content (AvgIpc) is 2.42. The quantitative estimate of drug-likeness (QED) is 0.478. The predicted molar refractivity (Wildman–Crippen MR) is 74.8 cm³/mol. The fourth-order valence-electron chi connectivity index (χ4n) is 1.86. The van der Waals surface area contributed by atoms with Crippen LogP contribution in [-0.4, -0.2) is 4.98 Å². The molecule has 0 saturated heterocycles. The molecule has 1 heterocycles. The maximum Gasteiger partial charge on any atom is 0.165 e. The van der Waals surface area contributed by atoms with Crippen LogP contribution in [0.5, 0.6) is 0 Å². The Morgan fingerprint density at radius 3 is 2.74 bits per heavy atom. The molecular formula is C13H14N6. The highest BCUT2D eigenvalue weighted by Crippen LogP contribution is 2.25. The van der Waals surface area contributed by atoms with Crippen LogP contribution in [0.25, 0.3) is 0 Å². The van der Waals surface area contributed by atoms with Gasteiger partial charge in [0.15, 0.2) is 5.82 Å². The smallest absolute Gasteiger partial charge is 0.165 e. The zero-order valence-corrected chi connectivity index (χ0v) is 10.2. The number of nitrogens with two attached hydrogens (primary N) is 3. The highest BCUT2D eigenvalue weighted by Gasteiger charge is 2.09. The van der Waals surface area contributed by atoms with Crippen LogP contribution in [0.4, 0.5) is 17.3 Å². The number of rotatable bonds is 3. The van der Waals surface area contributed by atoms with E-state index in [1.54, 1.807) is 12.1 Å². The molecule has 0 bridgehead atoms. The number of aromatic nitrogens is 1. The van der Waals surface area contributed by atoms with Crippen molar-refractivity contribution >= 4 is 17.3 Å². The zero-order valence-electron chi connectivity index (χ0n) is 10.2. The molecule has 0 unspecified atom stereocenters. The van der Waals surface area contributed by atoms with Crippen LogP contribution in [0.1, 0.15) is 16.7 Å². The first-order chi connectivity index (χ1) is 9.13. The lowest BCUT2D eigenvalue weighted by Gasteiger charge is -2.11. The predicted octanol–water partition coefficient (Wildman–Crippen LogP) is 0.994. The van der Waals surface area contributed by atoms with Gasteiger partial charge in [-0.15, -0.1) is 0 Å². The summed E-state index contributed by atoms with van der Waals surface area (Å²) in [6.45, 7) is 0. The molecule has 96 valence electrons. The number of hydrazine groups is 1. The minimum absolute atomic E-state index is 0.341. The highest BCUT2D eigenvalue weighted by molar-refractivity contribution is 5.68. The lowest BCUT2D eigenvalue weighted by molar-refractivity contribution is 1.15. The topological polar surface area (TPSA) is 127 Å². The van der Waals surface area contributed by atoms with Gasteiger partial charge in [-0.1, -0.05) is 12.1 Å². The summed E-state index contributed by atoms with van der Waals surface area (Å²) in [7, 11) is 0. The molecule has 0 aliphatic carbocycles. The first-order valence-electron chi connectivity index (χ1n) is 5.64. The number of nitriles is 1. The molecule has 19 heavy (non-hydrogen) atoms. The normalized spacial score (nSPS) is 9.89. The molecule has 0 aliphatic rings. The number of hydrogen-bond donors (Lipinski definition) is 4. The Kier molecular flexibility index (Phi) is 3.50. The largest absolute Gasteiger partial charge is 0.395 e. The second-order valence-corrected chi connectivity index (χ2v) is 4.10. The molecule has 0 amide bonds. The van der Waals surface area contributed by atoms with E-state index < -0.39 is 0 Å². The molecule has 0 fully saturated rings. The Morgan fingerprint density at radius 1 is 1.26 bits per heavy atom. The number of nitrogen functional groups attached to an aromatic ring is 3. The van der Waals surface area contributed by atoms with Gasteiger partial charge in [-0.05, 0) is 35.7 Å². The van der Waals surface area contributed by atoms with Crippen molar-refractivity contribution in [2.45, 2.75) is 6.42 Å². The summed E-state index contributed by atoms with van der Waals surface area (Å²) >= 11 is 0. The molecule has 0 aliphatic heterocycles. The molecule has 1 aromatic carbocycles. The lowest BCUT2D eigenvalue weighted by Crippen LogP contribution is -2.13. The van der Waals surface area contributed by atoms with E-state index in [-0.39, 0.29) is 0 Å². The number of nitrogens with one attached hydrogen (secondary N) is 1. The van der Waals surface area contributed by atoms with Crippen LogP contribution < -0.4 is 22.7 Å². The third-order valence-corrected chi connectivity index (χ3v) is 2.75. The first kappa shape index (κ1) is 12.7. The molecule has 0 atom stereocenters. The second kappa shape index (κ2) is 5.25. The third-order valence-electron chi connectivity index (χ3n) is 2.75. The molecule has 0 saturated carbocycles. The van der Waals surface area contributed by atoms with Crippen molar-refractivity contribution in [1.29, 1.82) is 5.26 Å².